The van der Waals surface area contributed by atoms with Gasteiger partial charge < -0.3 is 11.1 Å². The lowest BCUT2D eigenvalue weighted by molar-refractivity contribution is 0.235. The Balaban J connectivity index is 2.28. The van der Waals surface area contributed by atoms with Crippen LogP contribution in [0.25, 0.3) is 0 Å². The topological polar surface area (TPSA) is 55.1 Å². The van der Waals surface area contributed by atoms with Crippen LogP contribution in [0.2, 0.25) is 0 Å². The van der Waals surface area contributed by atoms with Gasteiger partial charge in [0.15, 0.2) is 0 Å². The lowest BCUT2D eigenvalue weighted by Crippen LogP contribution is -2.40. The molecule has 1 aliphatic rings. The monoisotopic (exact) mass is 156 g/mol. The van der Waals surface area contributed by atoms with Gasteiger partial charge >= 0.3 is 6.03 Å². The van der Waals surface area contributed by atoms with Gasteiger partial charge in [-0.25, -0.2) is 4.79 Å². The molecule has 64 valence electrons. The molecule has 1 aliphatic carbocycles. The molecule has 0 bridgehead atoms. The summed E-state index contributed by atoms with van der Waals surface area (Å²) in [5.41, 5.74) is 5.02. The van der Waals surface area contributed by atoms with Gasteiger partial charge in [0.05, 0.1) is 0 Å². The van der Waals surface area contributed by atoms with Crippen molar-refractivity contribution in [2.45, 2.75) is 38.6 Å². The normalized spacial score (nSPS) is 31.4. The molecule has 1 fully saturated rings. The Morgan fingerprint density at radius 3 is 2.82 bits per heavy atom. The van der Waals surface area contributed by atoms with Crippen molar-refractivity contribution in [3.63, 3.8) is 0 Å². The van der Waals surface area contributed by atoms with E-state index in [-0.39, 0.29) is 6.03 Å². The maximum Gasteiger partial charge on any atom is 0.312 e. The molecule has 0 spiro atoms. The molecule has 0 saturated heterocycles. The Labute approximate surface area is 67.3 Å². The minimum absolute atomic E-state index is 0.330. The largest absolute Gasteiger partial charge is 0.352 e. The molecule has 1 unspecified atom stereocenters. The zero-order valence-electron chi connectivity index (χ0n) is 6.97. The van der Waals surface area contributed by atoms with Gasteiger partial charge in [-0.05, 0) is 18.8 Å². The fourth-order valence-corrected chi connectivity index (χ4v) is 1.77. The molecular formula is C8H16N2O. The van der Waals surface area contributed by atoms with Crippen LogP contribution < -0.4 is 11.1 Å². The number of nitrogens with two attached hydrogens (primary N) is 1. The van der Waals surface area contributed by atoms with Crippen molar-refractivity contribution in [1.29, 1.82) is 0 Å². The van der Waals surface area contributed by atoms with Crippen LogP contribution in [0.5, 0.6) is 0 Å². The van der Waals surface area contributed by atoms with E-state index < -0.39 is 0 Å². The minimum atomic E-state index is -0.385. The summed E-state index contributed by atoms with van der Waals surface area (Å²) >= 11 is 0. The lowest BCUT2D eigenvalue weighted by Gasteiger charge is -2.26. The number of urea groups is 1. The van der Waals surface area contributed by atoms with Crippen LogP contribution in [0.4, 0.5) is 4.79 Å². The number of carbonyl (C=O) groups excluding carboxylic acids is 1. The molecule has 2 atom stereocenters. The van der Waals surface area contributed by atoms with Crippen LogP contribution in [0.15, 0.2) is 0 Å². The molecule has 2 amide bonds. The lowest BCUT2D eigenvalue weighted by atomic mass is 9.87. The number of amides is 2. The van der Waals surface area contributed by atoms with Crippen LogP contribution in [-0.2, 0) is 0 Å². The molecule has 0 aromatic carbocycles. The van der Waals surface area contributed by atoms with Gasteiger partial charge in [-0.1, -0.05) is 19.8 Å². The van der Waals surface area contributed by atoms with Crippen LogP contribution in [-0.4, -0.2) is 12.1 Å². The highest BCUT2D eigenvalue weighted by molar-refractivity contribution is 5.71. The van der Waals surface area contributed by atoms with Crippen LogP contribution >= 0.6 is 0 Å². The Bertz CT molecular complexity index is 147. The molecule has 0 aliphatic heterocycles. The van der Waals surface area contributed by atoms with Crippen molar-refractivity contribution in [1.82, 2.24) is 5.32 Å². The second kappa shape index (κ2) is 3.60. The molecule has 0 aromatic rings. The first-order valence-electron chi connectivity index (χ1n) is 4.24. The fraction of sp³-hybridized carbons (Fsp3) is 0.875. The van der Waals surface area contributed by atoms with E-state index in [2.05, 4.69) is 12.2 Å². The first kappa shape index (κ1) is 8.37. The Morgan fingerprint density at radius 2 is 2.27 bits per heavy atom. The van der Waals surface area contributed by atoms with Gasteiger partial charge in [-0.2, -0.15) is 0 Å². The third kappa shape index (κ3) is 2.78. The van der Waals surface area contributed by atoms with E-state index in [1.165, 1.54) is 12.8 Å². The number of carbonyl (C=O) groups is 1. The number of hydrogen-bond acceptors (Lipinski definition) is 1. The van der Waals surface area contributed by atoms with Crippen molar-refractivity contribution < 1.29 is 4.79 Å². The zero-order chi connectivity index (χ0) is 8.27. The molecule has 3 nitrogen and oxygen atoms in total. The second-order valence-corrected chi connectivity index (χ2v) is 3.48. The summed E-state index contributed by atoms with van der Waals surface area (Å²) in [6.45, 7) is 2.22. The molecule has 0 aromatic heterocycles. The zero-order valence-corrected chi connectivity index (χ0v) is 6.97. The smallest absolute Gasteiger partial charge is 0.312 e. The summed E-state index contributed by atoms with van der Waals surface area (Å²) in [5.74, 6) is 0.737. The third-order valence-electron chi connectivity index (χ3n) is 2.28. The maximum atomic E-state index is 10.5. The molecule has 3 heteroatoms. The van der Waals surface area contributed by atoms with Crippen molar-refractivity contribution >= 4 is 6.03 Å². The number of nitrogens with one attached hydrogen (secondary N) is 1. The van der Waals surface area contributed by atoms with Crippen molar-refractivity contribution in [2.75, 3.05) is 0 Å². The van der Waals surface area contributed by atoms with Crippen LogP contribution in [0.1, 0.15) is 32.6 Å². The van der Waals surface area contributed by atoms with E-state index in [0.717, 1.165) is 18.8 Å². The van der Waals surface area contributed by atoms with Crippen LogP contribution in [0, 0.1) is 5.92 Å². The maximum absolute atomic E-state index is 10.5. The second-order valence-electron chi connectivity index (χ2n) is 3.48. The Kier molecular flexibility index (Phi) is 2.74. The quantitative estimate of drug-likeness (QED) is 0.589. The van der Waals surface area contributed by atoms with E-state index in [4.69, 9.17) is 5.73 Å². The number of hydrogen-bond donors (Lipinski definition) is 2. The van der Waals surface area contributed by atoms with Crippen molar-refractivity contribution in [2.24, 2.45) is 11.7 Å². The molecule has 0 radical (unpaired) electrons. The average molecular weight is 156 g/mol. The summed E-state index contributed by atoms with van der Waals surface area (Å²) in [4.78, 5) is 10.5. The van der Waals surface area contributed by atoms with Crippen molar-refractivity contribution in [3.05, 3.63) is 0 Å². The highest BCUT2D eigenvalue weighted by Crippen LogP contribution is 2.23. The summed E-state index contributed by atoms with van der Waals surface area (Å²) in [6, 6.07) is -0.0552. The molecular weight excluding hydrogens is 140 g/mol. The van der Waals surface area contributed by atoms with E-state index in [9.17, 15) is 4.79 Å². The van der Waals surface area contributed by atoms with Gasteiger partial charge in [0.1, 0.15) is 0 Å². The van der Waals surface area contributed by atoms with E-state index in [1.54, 1.807) is 0 Å². The summed E-state index contributed by atoms with van der Waals surface area (Å²) in [7, 11) is 0. The van der Waals surface area contributed by atoms with Gasteiger partial charge in [-0.15, -0.1) is 0 Å². The molecule has 3 N–H and O–H groups in total. The highest BCUT2D eigenvalue weighted by Gasteiger charge is 2.18. The van der Waals surface area contributed by atoms with E-state index in [0.29, 0.717) is 6.04 Å². The van der Waals surface area contributed by atoms with Gasteiger partial charge in [0, 0.05) is 6.04 Å². The van der Waals surface area contributed by atoms with Crippen LogP contribution in [0.3, 0.4) is 0 Å². The van der Waals surface area contributed by atoms with E-state index in [1.807, 2.05) is 0 Å². The van der Waals surface area contributed by atoms with Crippen molar-refractivity contribution in [3.8, 4) is 0 Å². The Morgan fingerprint density at radius 1 is 1.55 bits per heavy atom. The SMILES string of the molecule is C[C@H]1CCCC(NC(N)=O)C1. The molecule has 11 heavy (non-hydrogen) atoms. The van der Waals surface area contributed by atoms with Gasteiger partial charge in [0.2, 0.25) is 0 Å². The first-order chi connectivity index (χ1) is 5.18. The standard InChI is InChI=1S/C8H16N2O/c1-6-3-2-4-7(5-6)10-8(9)11/h6-7H,2-5H2,1H3,(H3,9,10,11)/t6-,7?/m0/s1. The summed E-state index contributed by atoms with van der Waals surface area (Å²) in [5, 5.41) is 2.75. The van der Waals surface area contributed by atoms with E-state index >= 15 is 0 Å². The van der Waals surface area contributed by atoms with Gasteiger partial charge in [-0.3, -0.25) is 0 Å². The predicted octanol–water partition coefficient (Wildman–Crippen LogP) is 1.23. The number of rotatable bonds is 1. The first-order valence-corrected chi connectivity index (χ1v) is 4.24. The Hall–Kier alpha value is -0.730. The van der Waals surface area contributed by atoms with Gasteiger partial charge in [0.25, 0.3) is 0 Å². The predicted molar refractivity (Wildman–Crippen MR) is 44.1 cm³/mol. The fourth-order valence-electron chi connectivity index (χ4n) is 1.77. The highest BCUT2D eigenvalue weighted by atomic mass is 16.2. The number of primary amides is 1. The molecule has 0 heterocycles. The summed E-state index contributed by atoms with van der Waals surface area (Å²) in [6.07, 6.45) is 4.68. The molecule has 1 rings (SSSR count). The molecule has 1 saturated carbocycles. The minimum Gasteiger partial charge on any atom is -0.352 e. The third-order valence-corrected chi connectivity index (χ3v) is 2.28. The summed E-state index contributed by atoms with van der Waals surface area (Å²) < 4.78 is 0. The average Bonchev–Trinajstić information content (AvgIpc) is 1.85.